The molecule has 0 bridgehead atoms. The molecule has 23 heavy (non-hydrogen) atoms. The number of rotatable bonds is 5. The third kappa shape index (κ3) is 4.13. The second-order valence-corrected chi connectivity index (χ2v) is 7.05. The van der Waals surface area contributed by atoms with Crippen LogP contribution in [0, 0.1) is 0 Å². The van der Waals surface area contributed by atoms with Gasteiger partial charge in [0.1, 0.15) is 0 Å². The van der Waals surface area contributed by atoms with E-state index in [4.69, 9.17) is 0 Å². The average Bonchev–Trinajstić information content (AvgIpc) is 2.61. The van der Waals surface area contributed by atoms with Crippen LogP contribution in [0.3, 0.4) is 0 Å². The SMILES string of the molecule is CC(C)c1ccc(NCc2ccncc2)c(C2CCCCC2)c1. The Morgan fingerprint density at radius 1 is 1.04 bits per heavy atom. The van der Waals surface area contributed by atoms with Crippen LogP contribution in [-0.2, 0) is 6.54 Å². The van der Waals surface area contributed by atoms with Gasteiger partial charge in [-0.2, -0.15) is 0 Å². The fraction of sp³-hybridized carbons (Fsp3) is 0.476. The summed E-state index contributed by atoms with van der Waals surface area (Å²) in [6.45, 7) is 5.43. The van der Waals surface area contributed by atoms with E-state index in [1.165, 1.54) is 54.5 Å². The van der Waals surface area contributed by atoms with Crippen molar-refractivity contribution in [1.82, 2.24) is 4.98 Å². The van der Waals surface area contributed by atoms with E-state index in [2.05, 4.69) is 54.5 Å². The lowest BCUT2D eigenvalue weighted by atomic mass is 9.82. The molecule has 0 radical (unpaired) electrons. The van der Waals surface area contributed by atoms with Crippen LogP contribution in [0.5, 0.6) is 0 Å². The van der Waals surface area contributed by atoms with Gasteiger partial charge in [0.25, 0.3) is 0 Å². The van der Waals surface area contributed by atoms with Gasteiger partial charge in [-0.3, -0.25) is 4.98 Å². The van der Waals surface area contributed by atoms with Crippen molar-refractivity contribution in [2.45, 2.75) is 64.3 Å². The van der Waals surface area contributed by atoms with Gasteiger partial charge in [-0.15, -0.1) is 0 Å². The van der Waals surface area contributed by atoms with Gasteiger partial charge in [0.2, 0.25) is 0 Å². The molecule has 0 spiro atoms. The van der Waals surface area contributed by atoms with E-state index in [0.717, 1.165) is 12.5 Å². The van der Waals surface area contributed by atoms with Gasteiger partial charge >= 0.3 is 0 Å². The fourth-order valence-electron chi connectivity index (χ4n) is 3.55. The Balaban J connectivity index is 1.82. The standard InChI is InChI=1S/C21H28N2/c1-16(2)19-8-9-21(23-15-17-10-12-22-13-11-17)20(14-19)18-6-4-3-5-7-18/h8-14,16,18,23H,3-7,15H2,1-2H3. The van der Waals surface area contributed by atoms with Crippen LogP contribution in [0.15, 0.2) is 42.7 Å². The second kappa shape index (κ2) is 7.63. The molecule has 1 aromatic heterocycles. The van der Waals surface area contributed by atoms with E-state index in [-0.39, 0.29) is 0 Å². The fourth-order valence-corrected chi connectivity index (χ4v) is 3.55. The quantitative estimate of drug-likeness (QED) is 0.747. The molecule has 0 aliphatic heterocycles. The van der Waals surface area contributed by atoms with Crippen molar-refractivity contribution in [3.05, 3.63) is 59.4 Å². The number of pyridine rings is 1. The Labute approximate surface area is 140 Å². The van der Waals surface area contributed by atoms with Gasteiger partial charge in [0.05, 0.1) is 0 Å². The summed E-state index contributed by atoms with van der Waals surface area (Å²) >= 11 is 0. The molecule has 0 amide bonds. The summed E-state index contributed by atoms with van der Waals surface area (Å²) in [5, 5.41) is 3.67. The number of hydrogen-bond acceptors (Lipinski definition) is 2. The molecule has 1 aromatic carbocycles. The maximum atomic E-state index is 4.09. The highest BCUT2D eigenvalue weighted by Gasteiger charge is 2.19. The summed E-state index contributed by atoms with van der Waals surface area (Å²) in [6, 6.07) is 11.2. The Bertz CT molecular complexity index is 613. The summed E-state index contributed by atoms with van der Waals surface area (Å²) in [7, 11) is 0. The zero-order valence-electron chi connectivity index (χ0n) is 14.4. The molecule has 1 heterocycles. The van der Waals surface area contributed by atoms with Gasteiger partial charge in [-0.05, 0) is 59.6 Å². The van der Waals surface area contributed by atoms with Gasteiger partial charge in [-0.25, -0.2) is 0 Å². The van der Waals surface area contributed by atoms with Crippen LogP contribution in [0.2, 0.25) is 0 Å². The second-order valence-electron chi connectivity index (χ2n) is 7.05. The number of nitrogens with one attached hydrogen (secondary N) is 1. The smallest absolute Gasteiger partial charge is 0.0402 e. The lowest BCUT2D eigenvalue weighted by Gasteiger charge is -2.26. The highest BCUT2D eigenvalue weighted by molar-refractivity contribution is 5.55. The zero-order valence-corrected chi connectivity index (χ0v) is 14.4. The summed E-state index contributed by atoms with van der Waals surface area (Å²) in [5.74, 6) is 1.31. The Kier molecular flexibility index (Phi) is 5.32. The first-order chi connectivity index (χ1) is 11.2. The highest BCUT2D eigenvalue weighted by atomic mass is 14.9. The van der Waals surface area contributed by atoms with E-state index >= 15 is 0 Å². The first-order valence-corrected chi connectivity index (χ1v) is 9.00. The van der Waals surface area contributed by atoms with Gasteiger partial charge in [0, 0.05) is 24.6 Å². The first kappa shape index (κ1) is 16.0. The minimum absolute atomic E-state index is 0.589. The normalized spacial score (nSPS) is 15.8. The highest BCUT2D eigenvalue weighted by Crippen LogP contribution is 2.38. The van der Waals surface area contributed by atoms with Crippen LogP contribution in [0.4, 0.5) is 5.69 Å². The molecule has 122 valence electrons. The molecule has 1 N–H and O–H groups in total. The topological polar surface area (TPSA) is 24.9 Å². The molecule has 1 aliphatic carbocycles. The van der Waals surface area contributed by atoms with E-state index in [9.17, 15) is 0 Å². The van der Waals surface area contributed by atoms with Crippen LogP contribution < -0.4 is 5.32 Å². The van der Waals surface area contributed by atoms with Crippen LogP contribution in [-0.4, -0.2) is 4.98 Å². The number of hydrogen-bond donors (Lipinski definition) is 1. The van der Waals surface area contributed by atoms with Crippen molar-refractivity contribution in [1.29, 1.82) is 0 Å². The lowest BCUT2D eigenvalue weighted by Crippen LogP contribution is -2.10. The molecule has 3 rings (SSSR count). The monoisotopic (exact) mass is 308 g/mol. The number of nitrogens with zero attached hydrogens (tertiary/aromatic N) is 1. The molecule has 0 saturated heterocycles. The van der Waals surface area contributed by atoms with Crippen molar-refractivity contribution in [2.24, 2.45) is 0 Å². The van der Waals surface area contributed by atoms with Crippen molar-refractivity contribution in [3.63, 3.8) is 0 Å². The molecule has 1 aliphatic rings. The van der Waals surface area contributed by atoms with Crippen LogP contribution >= 0.6 is 0 Å². The number of aromatic nitrogens is 1. The molecule has 0 atom stereocenters. The van der Waals surface area contributed by atoms with E-state index in [1.807, 2.05) is 12.4 Å². The Morgan fingerprint density at radius 3 is 2.48 bits per heavy atom. The summed E-state index contributed by atoms with van der Waals surface area (Å²) in [4.78, 5) is 4.09. The molecule has 2 aromatic rings. The molecule has 1 fully saturated rings. The van der Waals surface area contributed by atoms with Gasteiger partial charge < -0.3 is 5.32 Å². The molecule has 0 unspecified atom stereocenters. The summed E-state index contributed by atoms with van der Waals surface area (Å²) < 4.78 is 0. The maximum absolute atomic E-state index is 4.09. The molecular formula is C21H28N2. The first-order valence-electron chi connectivity index (χ1n) is 9.00. The number of benzene rings is 1. The Morgan fingerprint density at radius 2 is 1.78 bits per heavy atom. The van der Waals surface area contributed by atoms with Crippen molar-refractivity contribution >= 4 is 5.69 Å². The summed E-state index contributed by atoms with van der Waals surface area (Å²) in [6.07, 6.45) is 10.6. The minimum atomic E-state index is 0.589. The minimum Gasteiger partial charge on any atom is -0.381 e. The maximum Gasteiger partial charge on any atom is 0.0402 e. The molecule has 1 saturated carbocycles. The zero-order chi connectivity index (χ0) is 16.1. The lowest BCUT2D eigenvalue weighted by molar-refractivity contribution is 0.444. The van der Waals surface area contributed by atoms with Crippen LogP contribution in [0.1, 0.15) is 74.5 Å². The van der Waals surface area contributed by atoms with Crippen molar-refractivity contribution in [3.8, 4) is 0 Å². The molecule has 2 heteroatoms. The average molecular weight is 308 g/mol. The third-order valence-corrected chi connectivity index (χ3v) is 5.02. The molecule has 2 nitrogen and oxygen atoms in total. The Hall–Kier alpha value is -1.83. The summed E-state index contributed by atoms with van der Waals surface area (Å²) in [5.41, 5.74) is 5.59. The predicted molar refractivity (Wildman–Crippen MR) is 97.9 cm³/mol. The third-order valence-electron chi connectivity index (χ3n) is 5.02. The van der Waals surface area contributed by atoms with E-state index in [1.54, 1.807) is 0 Å². The predicted octanol–water partition coefficient (Wildman–Crippen LogP) is 5.86. The van der Waals surface area contributed by atoms with E-state index < -0.39 is 0 Å². The van der Waals surface area contributed by atoms with E-state index in [0.29, 0.717) is 5.92 Å². The molecular weight excluding hydrogens is 280 g/mol. The largest absolute Gasteiger partial charge is 0.381 e. The van der Waals surface area contributed by atoms with Crippen LogP contribution in [0.25, 0.3) is 0 Å². The van der Waals surface area contributed by atoms with Crippen molar-refractivity contribution in [2.75, 3.05) is 5.32 Å². The number of anilines is 1. The van der Waals surface area contributed by atoms with Gasteiger partial charge in [0.15, 0.2) is 0 Å². The van der Waals surface area contributed by atoms with Crippen molar-refractivity contribution < 1.29 is 0 Å². The van der Waals surface area contributed by atoms with Gasteiger partial charge in [-0.1, -0.05) is 45.2 Å².